The summed E-state index contributed by atoms with van der Waals surface area (Å²) in [5, 5.41) is 14.9. The molecule has 31 heavy (non-hydrogen) atoms. The third kappa shape index (κ3) is 4.93. The number of methoxy groups -OCH3 is 1. The fraction of sp³-hybridized carbons (Fsp3) is 0.583. The van der Waals surface area contributed by atoms with Crippen LogP contribution in [0.2, 0.25) is 0 Å². The van der Waals surface area contributed by atoms with Gasteiger partial charge >= 0.3 is 6.09 Å². The molecule has 2 bridgehead atoms. The molecule has 3 unspecified atom stereocenters. The molecule has 0 radical (unpaired) electrons. The van der Waals surface area contributed by atoms with Crippen LogP contribution in [0.15, 0.2) is 30.5 Å². The SMILES string of the molecule is COc1ccc2nccc(C(O)CN3C4CCC3CC(OC(=O)NC(C)(C)C)C4)c2c1. The molecule has 2 aliphatic rings. The van der Waals surface area contributed by atoms with E-state index in [0.29, 0.717) is 18.6 Å². The van der Waals surface area contributed by atoms with Gasteiger partial charge in [0, 0.05) is 48.6 Å². The van der Waals surface area contributed by atoms with Gasteiger partial charge in [-0.1, -0.05) is 0 Å². The highest BCUT2D eigenvalue weighted by Gasteiger charge is 2.43. The fourth-order valence-corrected chi connectivity index (χ4v) is 4.97. The van der Waals surface area contributed by atoms with Gasteiger partial charge in [-0.15, -0.1) is 0 Å². The van der Waals surface area contributed by atoms with E-state index < -0.39 is 6.10 Å². The lowest BCUT2D eigenvalue weighted by Crippen LogP contribution is -2.49. The molecular weight excluding hydrogens is 394 g/mol. The van der Waals surface area contributed by atoms with Crippen LogP contribution < -0.4 is 10.1 Å². The molecule has 0 spiro atoms. The Kier molecular flexibility index (Phi) is 6.08. The molecule has 168 valence electrons. The van der Waals surface area contributed by atoms with Crippen LogP contribution in [0.25, 0.3) is 10.9 Å². The number of nitrogens with one attached hydrogen (secondary N) is 1. The molecule has 2 aromatic rings. The number of ether oxygens (including phenoxy) is 2. The first kappa shape index (κ1) is 21.8. The minimum Gasteiger partial charge on any atom is -0.497 e. The summed E-state index contributed by atoms with van der Waals surface area (Å²) in [6.45, 7) is 6.40. The van der Waals surface area contributed by atoms with Gasteiger partial charge in [-0.3, -0.25) is 9.88 Å². The Bertz CT molecular complexity index is 928. The van der Waals surface area contributed by atoms with E-state index in [9.17, 15) is 9.90 Å². The van der Waals surface area contributed by atoms with Crippen molar-refractivity contribution in [1.29, 1.82) is 0 Å². The molecule has 1 aromatic heterocycles. The van der Waals surface area contributed by atoms with Crippen LogP contribution in [0.3, 0.4) is 0 Å². The van der Waals surface area contributed by atoms with E-state index in [4.69, 9.17) is 9.47 Å². The Morgan fingerprint density at radius 2 is 1.97 bits per heavy atom. The van der Waals surface area contributed by atoms with Crippen molar-refractivity contribution in [3.63, 3.8) is 0 Å². The number of carbonyl (C=O) groups is 1. The van der Waals surface area contributed by atoms with E-state index in [1.54, 1.807) is 13.3 Å². The van der Waals surface area contributed by atoms with E-state index >= 15 is 0 Å². The summed E-state index contributed by atoms with van der Waals surface area (Å²) >= 11 is 0. The standard InChI is InChI=1S/C24H33N3O4/c1-24(2,3)26-23(29)31-18-11-15-5-6-16(12-18)27(15)14-22(28)19-9-10-25-21-8-7-17(30-4)13-20(19)21/h7-10,13,15-16,18,22,28H,5-6,11-12,14H2,1-4H3,(H,26,29). The highest BCUT2D eigenvalue weighted by molar-refractivity contribution is 5.83. The number of hydrogen-bond donors (Lipinski definition) is 2. The van der Waals surface area contributed by atoms with Gasteiger partial charge in [0.15, 0.2) is 0 Å². The zero-order valence-electron chi connectivity index (χ0n) is 18.8. The molecular formula is C24H33N3O4. The summed E-state index contributed by atoms with van der Waals surface area (Å²) in [5.41, 5.74) is 1.40. The van der Waals surface area contributed by atoms with Crippen LogP contribution in [0.4, 0.5) is 4.79 Å². The van der Waals surface area contributed by atoms with Gasteiger partial charge in [-0.2, -0.15) is 0 Å². The number of benzene rings is 1. The number of aliphatic hydroxyl groups excluding tert-OH is 1. The third-order valence-corrected chi connectivity index (χ3v) is 6.32. The van der Waals surface area contributed by atoms with Crippen molar-refractivity contribution in [3.8, 4) is 5.75 Å². The Balaban J connectivity index is 1.43. The number of piperidine rings is 1. The summed E-state index contributed by atoms with van der Waals surface area (Å²) in [4.78, 5) is 19.0. The molecule has 7 heteroatoms. The summed E-state index contributed by atoms with van der Waals surface area (Å²) in [6, 6.07) is 8.27. The molecule has 7 nitrogen and oxygen atoms in total. The third-order valence-electron chi connectivity index (χ3n) is 6.32. The quantitative estimate of drug-likeness (QED) is 0.755. The highest BCUT2D eigenvalue weighted by Crippen LogP contribution is 2.38. The van der Waals surface area contributed by atoms with Crippen molar-refractivity contribution in [2.45, 2.75) is 76.3 Å². The monoisotopic (exact) mass is 427 g/mol. The lowest BCUT2D eigenvalue weighted by Gasteiger charge is -2.39. The summed E-state index contributed by atoms with van der Waals surface area (Å²) < 4.78 is 11.1. The van der Waals surface area contributed by atoms with E-state index in [-0.39, 0.29) is 17.7 Å². The Labute approximate surface area is 183 Å². The average molecular weight is 428 g/mol. The van der Waals surface area contributed by atoms with E-state index in [0.717, 1.165) is 47.9 Å². The maximum absolute atomic E-state index is 12.2. The van der Waals surface area contributed by atoms with E-state index in [2.05, 4.69) is 15.2 Å². The minimum atomic E-state index is -0.623. The first-order valence-corrected chi connectivity index (χ1v) is 11.1. The molecule has 2 saturated heterocycles. The van der Waals surface area contributed by atoms with Crippen molar-refractivity contribution >= 4 is 17.0 Å². The van der Waals surface area contributed by atoms with Crippen molar-refractivity contribution in [3.05, 3.63) is 36.0 Å². The minimum absolute atomic E-state index is 0.0701. The summed E-state index contributed by atoms with van der Waals surface area (Å²) in [6.07, 6.45) is 4.48. The molecule has 2 aliphatic heterocycles. The zero-order chi connectivity index (χ0) is 22.2. The van der Waals surface area contributed by atoms with Crippen LogP contribution in [-0.4, -0.2) is 58.5 Å². The number of amides is 1. The smallest absolute Gasteiger partial charge is 0.407 e. The molecule has 2 fully saturated rings. The Hall–Kier alpha value is -2.38. The van der Waals surface area contributed by atoms with Crippen molar-refractivity contribution in [1.82, 2.24) is 15.2 Å². The number of pyridine rings is 1. The maximum atomic E-state index is 12.2. The second-order valence-electron chi connectivity index (χ2n) is 9.75. The molecule has 2 N–H and O–H groups in total. The number of nitrogens with zero attached hydrogens (tertiary/aromatic N) is 2. The van der Waals surface area contributed by atoms with Crippen molar-refractivity contribution in [2.24, 2.45) is 0 Å². The van der Waals surface area contributed by atoms with Gasteiger partial charge in [0.1, 0.15) is 11.9 Å². The molecule has 3 atom stereocenters. The highest BCUT2D eigenvalue weighted by atomic mass is 16.6. The van der Waals surface area contributed by atoms with Crippen molar-refractivity contribution < 1.29 is 19.4 Å². The van der Waals surface area contributed by atoms with E-state index in [1.165, 1.54) is 0 Å². The molecule has 1 amide bonds. The molecule has 3 heterocycles. The number of aliphatic hydroxyl groups is 1. The normalized spacial score (nSPS) is 24.7. The molecule has 0 aliphatic carbocycles. The predicted molar refractivity (Wildman–Crippen MR) is 119 cm³/mol. The second-order valence-corrected chi connectivity index (χ2v) is 9.75. The largest absolute Gasteiger partial charge is 0.497 e. The molecule has 0 saturated carbocycles. The lowest BCUT2D eigenvalue weighted by atomic mass is 9.97. The first-order valence-electron chi connectivity index (χ1n) is 11.1. The fourth-order valence-electron chi connectivity index (χ4n) is 4.97. The van der Waals surface area contributed by atoms with Crippen molar-refractivity contribution in [2.75, 3.05) is 13.7 Å². The van der Waals surface area contributed by atoms with Crippen LogP contribution in [0, 0.1) is 0 Å². The Morgan fingerprint density at radius 1 is 1.26 bits per heavy atom. The lowest BCUT2D eigenvalue weighted by molar-refractivity contribution is -0.00319. The number of alkyl carbamates (subject to hydrolysis) is 1. The van der Waals surface area contributed by atoms with Gasteiger partial charge in [0.05, 0.1) is 18.7 Å². The van der Waals surface area contributed by atoms with Crippen LogP contribution in [-0.2, 0) is 4.74 Å². The predicted octanol–water partition coefficient (Wildman–Crippen LogP) is 3.80. The van der Waals surface area contributed by atoms with Crippen LogP contribution in [0.5, 0.6) is 5.75 Å². The van der Waals surface area contributed by atoms with Gasteiger partial charge < -0.3 is 19.9 Å². The number of carbonyl (C=O) groups excluding carboxylic acids is 1. The van der Waals surface area contributed by atoms with Crippen LogP contribution >= 0.6 is 0 Å². The van der Waals surface area contributed by atoms with Crippen LogP contribution in [0.1, 0.15) is 58.1 Å². The number of fused-ring (bicyclic) bond motifs is 3. The summed E-state index contributed by atoms with van der Waals surface area (Å²) in [7, 11) is 1.64. The van der Waals surface area contributed by atoms with Gasteiger partial charge in [0.25, 0.3) is 0 Å². The second kappa shape index (κ2) is 8.63. The maximum Gasteiger partial charge on any atom is 0.407 e. The zero-order valence-corrected chi connectivity index (χ0v) is 18.8. The van der Waals surface area contributed by atoms with Gasteiger partial charge in [0.2, 0.25) is 0 Å². The average Bonchev–Trinajstić information content (AvgIpc) is 2.93. The number of aromatic nitrogens is 1. The first-order chi connectivity index (χ1) is 14.7. The van der Waals surface area contributed by atoms with E-state index in [1.807, 2.05) is 45.0 Å². The molecule has 4 rings (SSSR count). The van der Waals surface area contributed by atoms with Gasteiger partial charge in [-0.05, 0) is 63.4 Å². The topological polar surface area (TPSA) is 83.9 Å². The summed E-state index contributed by atoms with van der Waals surface area (Å²) in [5.74, 6) is 0.750. The van der Waals surface area contributed by atoms with Gasteiger partial charge in [-0.25, -0.2) is 4.79 Å². The number of rotatable bonds is 5. The Morgan fingerprint density at radius 3 is 2.61 bits per heavy atom. The number of hydrogen-bond acceptors (Lipinski definition) is 6. The molecule has 1 aromatic carbocycles.